The molecule has 0 aromatic heterocycles. The molecule has 1 aromatic rings. The smallest absolute Gasteiger partial charge is 0.257 e. The number of halogens is 3. The standard InChI is InChI=1S/C14H16BrClFNO/c15-9-10-5-2-1-3-8-18(10)14(19)11-6-4-7-12(16)13(11)17/h4,6-7,10H,1-3,5,8-9H2. The summed E-state index contributed by atoms with van der Waals surface area (Å²) in [6.07, 6.45) is 4.15. The summed E-state index contributed by atoms with van der Waals surface area (Å²) in [6, 6.07) is 4.70. The second-order valence-corrected chi connectivity index (χ2v) is 5.81. The average Bonchev–Trinajstić information content (AvgIpc) is 2.66. The minimum atomic E-state index is -0.619. The van der Waals surface area contributed by atoms with Gasteiger partial charge in [-0.3, -0.25) is 4.79 Å². The van der Waals surface area contributed by atoms with Crippen LogP contribution < -0.4 is 0 Å². The van der Waals surface area contributed by atoms with E-state index in [2.05, 4.69) is 15.9 Å². The highest BCUT2D eigenvalue weighted by molar-refractivity contribution is 9.09. The van der Waals surface area contributed by atoms with Gasteiger partial charge in [0.25, 0.3) is 5.91 Å². The first-order valence-corrected chi connectivity index (χ1v) is 7.96. The van der Waals surface area contributed by atoms with Crippen LogP contribution in [0.1, 0.15) is 36.0 Å². The molecule has 104 valence electrons. The van der Waals surface area contributed by atoms with Crippen molar-refractivity contribution < 1.29 is 9.18 Å². The van der Waals surface area contributed by atoms with Crippen LogP contribution in [-0.2, 0) is 0 Å². The van der Waals surface area contributed by atoms with Gasteiger partial charge in [-0.25, -0.2) is 4.39 Å². The van der Waals surface area contributed by atoms with Crippen LogP contribution in [0.2, 0.25) is 5.02 Å². The van der Waals surface area contributed by atoms with Crippen LogP contribution in [0.4, 0.5) is 4.39 Å². The number of amides is 1. The summed E-state index contributed by atoms with van der Waals surface area (Å²) in [5.41, 5.74) is 0.0698. The van der Waals surface area contributed by atoms with Gasteiger partial charge >= 0.3 is 0 Å². The van der Waals surface area contributed by atoms with Gasteiger partial charge in [0.1, 0.15) is 0 Å². The molecule has 0 aliphatic carbocycles. The Labute approximate surface area is 126 Å². The molecule has 1 fully saturated rings. The first-order chi connectivity index (χ1) is 9.15. The van der Waals surface area contributed by atoms with Gasteiger partial charge in [0.2, 0.25) is 0 Å². The van der Waals surface area contributed by atoms with Crippen molar-refractivity contribution in [3.05, 3.63) is 34.6 Å². The summed E-state index contributed by atoms with van der Waals surface area (Å²) < 4.78 is 13.9. The molecule has 19 heavy (non-hydrogen) atoms. The molecule has 1 aromatic carbocycles. The molecule has 0 spiro atoms. The number of rotatable bonds is 2. The van der Waals surface area contributed by atoms with E-state index in [0.717, 1.165) is 31.0 Å². The topological polar surface area (TPSA) is 20.3 Å². The lowest BCUT2D eigenvalue weighted by atomic mass is 10.1. The van der Waals surface area contributed by atoms with E-state index in [4.69, 9.17) is 11.6 Å². The zero-order valence-corrected chi connectivity index (χ0v) is 12.9. The molecule has 1 heterocycles. The van der Waals surface area contributed by atoms with Crippen LogP contribution >= 0.6 is 27.5 Å². The number of alkyl halides is 1. The molecular formula is C14H16BrClFNO. The fourth-order valence-corrected chi connectivity index (χ4v) is 3.28. The van der Waals surface area contributed by atoms with Crippen molar-refractivity contribution in [1.82, 2.24) is 4.90 Å². The molecule has 1 unspecified atom stereocenters. The summed E-state index contributed by atoms with van der Waals surface area (Å²) in [5.74, 6) is -0.877. The van der Waals surface area contributed by atoms with Gasteiger partial charge in [-0.15, -0.1) is 0 Å². The molecule has 1 saturated heterocycles. The second-order valence-electron chi connectivity index (χ2n) is 4.76. The molecule has 1 amide bonds. The van der Waals surface area contributed by atoms with Crippen LogP contribution in [0.3, 0.4) is 0 Å². The van der Waals surface area contributed by atoms with E-state index in [0.29, 0.717) is 6.54 Å². The first-order valence-electron chi connectivity index (χ1n) is 6.46. The lowest BCUT2D eigenvalue weighted by Gasteiger charge is -2.29. The van der Waals surface area contributed by atoms with Crippen LogP contribution in [0, 0.1) is 5.82 Å². The van der Waals surface area contributed by atoms with E-state index in [1.165, 1.54) is 12.1 Å². The Morgan fingerprint density at radius 3 is 2.95 bits per heavy atom. The summed E-state index contributed by atoms with van der Waals surface area (Å²) >= 11 is 9.19. The van der Waals surface area contributed by atoms with Gasteiger partial charge in [-0.05, 0) is 25.0 Å². The van der Waals surface area contributed by atoms with Gasteiger partial charge in [-0.1, -0.05) is 46.4 Å². The summed E-state index contributed by atoms with van der Waals surface area (Å²) in [4.78, 5) is 14.3. The lowest BCUT2D eigenvalue weighted by molar-refractivity contribution is 0.0697. The van der Waals surface area contributed by atoms with Gasteiger partial charge in [0, 0.05) is 17.9 Å². The number of carbonyl (C=O) groups excluding carboxylic acids is 1. The summed E-state index contributed by atoms with van der Waals surface area (Å²) in [7, 11) is 0. The Balaban J connectivity index is 2.28. The Bertz CT molecular complexity index is 469. The fraction of sp³-hybridized carbons (Fsp3) is 0.500. The van der Waals surface area contributed by atoms with Crippen molar-refractivity contribution in [2.45, 2.75) is 31.7 Å². The normalized spacial score (nSPS) is 20.2. The highest BCUT2D eigenvalue weighted by Gasteiger charge is 2.27. The Morgan fingerprint density at radius 2 is 2.21 bits per heavy atom. The molecule has 1 atom stereocenters. The number of carbonyl (C=O) groups is 1. The van der Waals surface area contributed by atoms with Crippen LogP contribution in [0.25, 0.3) is 0 Å². The van der Waals surface area contributed by atoms with Gasteiger partial charge in [-0.2, -0.15) is 0 Å². The SMILES string of the molecule is O=C(c1cccc(Cl)c1F)N1CCCCCC1CBr. The van der Waals surface area contributed by atoms with Gasteiger partial charge in [0.05, 0.1) is 10.6 Å². The maximum atomic E-state index is 13.9. The Hall–Kier alpha value is -0.610. The maximum Gasteiger partial charge on any atom is 0.257 e. The molecule has 0 bridgehead atoms. The van der Waals surface area contributed by atoms with Crippen molar-refractivity contribution in [3.8, 4) is 0 Å². The maximum absolute atomic E-state index is 13.9. The Kier molecular flexibility index (Phi) is 5.22. The highest BCUT2D eigenvalue weighted by Crippen LogP contribution is 2.24. The number of hydrogen-bond acceptors (Lipinski definition) is 1. The molecular weight excluding hydrogens is 333 g/mol. The van der Waals surface area contributed by atoms with Crippen molar-refractivity contribution in [3.63, 3.8) is 0 Å². The third-order valence-corrected chi connectivity index (χ3v) is 4.54. The summed E-state index contributed by atoms with van der Waals surface area (Å²) in [6.45, 7) is 0.682. The molecule has 0 saturated carbocycles. The largest absolute Gasteiger partial charge is 0.335 e. The minimum absolute atomic E-state index is 0.00364. The molecule has 5 heteroatoms. The monoisotopic (exact) mass is 347 g/mol. The average molecular weight is 349 g/mol. The quantitative estimate of drug-likeness (QED) is 0.731. The second kappa shape index (κ2) is 6.71. The number of benzene rings is 1. The summed E-state index contributed by atoms with van der Waals surface area (Å²) in [5, 5.41) is 0.719. The number of likely N-dealkylation sites (tertiary alicyclic amines) is 1. The zero-order valence-electron chi connectivity index (χ0n) is 10.5. The molecule has 2 rings (SSSR count). The zero-order chi connectivity index (χ0) is 13.8. The lowest BCUT2D eigenvalue weighted by Crippen LogP contribution is -2.41. The molecule has 2 nitrogen and oxygen atoms in total. The third-order valence-electron chi connectivity index (χ3n) is 3.50. The fourth-order valence-electron chi connectivity index (χ4n) is 2.43. The Morgan fingerprint density at radius 1 is 1.42 bits per heavy atom. The number of hydrogen-bond donors (Lipinski definition) is 0. The molecule has 0 radical (unpaired) electrons. The van der Waals surface area contributed by atoms with E-state index in [1.807, 2.05) is 0 Å². The van der Waals surface area contributed by atoms with Crippen LogP contribution in [0.5, 0.6) is 0 Å². The molecule has 0 N–H and O–H groups in total. The molecule has 1 aliphatic heterocycles. The van der Waals surface area contributed by atoms with E-state index < -0.39 is 5.82 Å². The third kappa shape index (κ3) is 3.29. The van der Waals surface area contributed by atoms with E-state index in [-0.39, 0.29) is 22.5 Å². The van der Waals surface area contributed by atoms with E-state index in [1.54, 1.807) is 11.0 Å². The predicted octanol–water partition coefficient (Wildman–Crippen LogP) is 4.26. The van der Waals surface area contributed by atoms with E-state index in [9.17, 15) is 9.18 Å². The van der Waals surface area contributed by atoms with Crippen molar-refractivity contribution in [1.29, 1.82) is 0 Å². The van der Waals surface area contributed by atoms with Crippen LogP contribution in [-0.4, -0.2) is 28.7 Å². The van der Waals surface area contributed by atoms with E-state index >= 15 is 0 Å². The molecule has 1 aliphatic rings. The number of nitrogens with zero attached hydrogens (tertiary/aromatic N) is 1. The van der Waals surface area contributed by atoms with Crippen molar-refractivity contribution in [2.24, 2.45) is 0 Å². The minimum Gasteiger partial charge on any atom is -0.335 e. The first kappa shape index (κ1) is 14.8. The predicted molar refractivity (Wildman–Crippen MR) is 78.5 cm³/mol. The van der Waals surface area contributed by atoms with Crippen molar-refractivity contribution >= 4 is 33.4 Å². The highest BCUT2D eigenvalue weighted by atomic mass is 79.9. The van der Waals surface area contributed by atoms with Crippen LogP contribution in [0.15, 0.2) is 18.2 Å². The van der Waals surface area contributed by atoms with Crippen molar-refractivity contribution in [2.75, 3.05) is 11.9 Å². The van der Waals surface area contributed by atoms with Gasteiger partial charge in [0.15, 0.2) is 5.82 Å². The van der Waals surface area contributed by atoms with Gasteiger partial charge < -0.3 is 4.90 Å².